The predicted octanol–water partition coefficient (Wildman–Crippen LogP) is 5.71. The number of nitrogens with zero attached hydrogens (tertiary/aromatic N) is 1. The number of carbonyl (C=O) groups is 2. The van der Waals surface area contributed by atoms with Crippen molar-refractivity contribution in [3.05, 3.63) is 59.7 Å². The molecular weight excluding hydrogens is 571 g/mol. The zero-order valence-electron chi connectivity index (χ0n) is 21.9. The number of amides is 1. The van der Waals surface area contributed by atoms with E-state index in [4.69, 9.17) is 14.2 Å². The summed E-state index contributed by atoms with van der Waals surface area (Å²) in [7, 11) is 0. The average Bonchev–Trinajstić information content (AvgIpc) is 2.88. The van der Waals surface area contributed by atoms with Crippen LogP contribution in [0.4, 0.5) is 35.5 Å². The van der Waals surface area contributed by atoms with E-state index in [1.807, 2.05) is 0 Å². The number of halogens is 7. The molecule has 1 atom stereocenters. The molecule has 0 bridgehead atoms. The van der Waals surface area contributed by atoms with Crippen LogP contribution in [0, 0.1) is 6.92 Å². The van der Waals surface area contributed by atoms with E-state index in [1.54, 1.807) is 38.1 Å². The fraction of sp³-hybridized carbons (Fsp3) is 0.462. The lowest BCUT2D eigenvalue weighted by molar-refractivity contribution is -0.423. The maximum Gasteiger partial charge on any atom is 0.462 e. The van der Waals surface area contributed by atoms with Crippen LogP contribution in [0.2, 0.25) is 0 Å². The van der Waals surface area contributed by atoms with Crippen molar-refractivity contribution in [3.8, 4) is 11.5 Å². The molecule has 0 aliphatic heterocycles. The normalized spacial score (nSPS) is 13.0. The molecule has 15 heteroatoms. The maximum atomic E-state index is 13.5. The van der Waals surface area contributed by atoms with Gasteiger partial charge >= 0.3 is 30.3 Å². The lowest BCUT2D eigenvalue weighted by atomic mass is 10.1. The standard InChI is InChI=1S/C26H28F7NO7/c1-3-38-21(22(35)36)16-18-6-10-19(11-7-18)39-14-12-34(23(37)41-20-8-4-17(2)5-9-20)13-15-40-26(32,33)24(27,28)25(29,30)31/h4-11,21H,3,12-16H2,1-2H3,(H,35,36). The maximum absolute atomic E-state index is 13.5. The van der Waals surface area contributed by atoms with Gasteiger partial charge in [-0.1, -0.05) is 29.8 Å². The van der Waals surface area contributed by atoms with E-state index >= 15 is 0 Å². The molecule has 1 N–H and O–H groups in total. The van der Waals surface area contributed by atoms with Crippen LogP contribution in [-0.2, 0) is 20.7 Å². The number of carbonyl (C=O) groups excluding carboxylic acids is 1. The summed E-state index contributed by atoms with van der Waals surface area (Å²) in [5.41, 5.74) is 1.45. The molecule has 0 heterocycles. The number of aliphatic carboxylic acids is 1. The molecule has 41 heavy (non-hydrogen) atoms. The first-order chi connectivity index (χ1) is 19.1. The molecule has 228 valence electrons. The van der Waals surface area contributed by atoms with Crippen molar-refractivity contribution in [2.75, 3.05) is 32.9 Å². The summed E-state index contributed by atoms with van der Waals surface area (Å²) < 4.78 is 110. The minimum absolute atomic E-state index is 0.0590. The molecule has 0 saturated heterocycles. The molecule has 2 rings (SSSR count). The number of carboxylic acids is 1. The minimum atomic E-state index is -6.57. The van der Waals surface area contributed by atoms with Gasteiger partial charge in [0, 0.05) is 19.6 Å². The third-order valence-corrected chi connectivity index (χ3v) is 5.47. The van der Waals surface area contributed by atoms with Crippen LogP contribution < -0.4 is 9.47 Å². The minimum Gasteiger partial charge on any atom is -0.492 e. The number of ether oxygens (including phenoxy) is 4. The fourth-order valence-corrected chi connectivity index (χ4v) is 3.23. The van der Waals surface area contributed by atoms with Crippen molar-refractivity contribution >= 4 is 12.1 Å². The number of carboxylic acid groups (broad SMARTS) is 1. The Balaban J connectivity index is 2.04. The molecule has 0 radical (unpaired) electrons. The van der Waals surface area contributed by atoms with Crippen molar-refractivity contribution in [3.63, 3.8) is 0 Å². The molecule has 1 amide bonds. The Morgan fingerprint density at radius 1 is 0.878 bits per heavy atom. The highest BCUT2D eigenvalue weighted by Gasteiger charge is 2.74. The molecule has 0 aliphatic carbocycles. The highest BCUT2D eigenvalue weighted by atomic mass is 19.4. The Kier molecular flexibility index (Phi) is 11.8. The van der Waals surface area contributed by atoms with Crippen LogP contribution in [0.25, 0.3) is 0 Å². The lowest BCUT2D eigenvalue weighted by Crippen LogP contribution is -2.54. The van der Waals surface area contributed by atoms with Crippen LogP contribution in [0.15, 0.2) is 48.5 Å². The smallest absolute Gasteiger partial charge is 0.462 e. The van der Waals surface area contributed by atoms with E-state index in [0.717, 1.165) is 10.5 Å². The number of benzene rings is 2. The largest absolute Gasteiger partial charge is 0.492 e. The zero-order valence-corrected chi connectivity index (χ0v) is 21.9. The summed E-state index contributed by atoms with van der Waals surface area (Å²) >= 11 is 0. The Labute approximate surface area is 230 Å². The molecule has 0 saturated carbocycles. The van der Waals surface area contributed by atoms with E-state index < -0.39 is 49.5 Å². The summed E-state index contributed by atoms with van der Waals surface area (Å²) in [5, 5.41) is 9.19. The predicted molar refractivity (Wildman–Crippen MR) is 129 cm³/mol. The van der Waals surface area contributed by atoms with Gasteiger partial charge in [-0.2, -0.15) is 30.7 Å². The molecule has 0 aromatic heterocycles. The van der Waals surface area contributed by atoms with Crippen molar-refractivity contribution < 1.29 is 64.4 Å². The number of hydrogen-bond acceptors (Lipinski definition) is 6. The Bertz CT molecular complexity index is 1130. The second kappa shape index (κ2) is 14.3. The summed E-state index contributed by atoms with van der Waals surface area (Å²) in [6.07, 6.45) is -14.6. The van der Waals surface area contributed by atoms with Gasteiger partial charge in [-0.15, -0.1) is 0 Å². The zero-order chi connectivity index (χ0) is 30.8. The number of alkyl halides is 7. The summed E-state index contributed by atoms with van der Waals surface area (Å²) in [6.45, 7) is 0.762. The molecule has 0 fully saturated rings. The number of aryl methyl sites for hydroxylation is 1. The number of rotatable bonds is 15. The second-order valence-corrected chi connectivity index (χ2v) is 8.58. The second-order valence-electron chi connectivity index (χ2n) is 8.58. The SMILES string of the molecule is CCOC(Cc1ccc(OCCN(CCOC(F)(F)C(F)(F)C(F)(F)F)C(=O)Oc2ccc(C)cc2)cc1)C(=O)O. The van der Waals surface area contributed by atoms with Gasteiger partial charge in [0.05, 0.1) is 13.2 Å². The van der Waals surface area contributed by atoms with Gasteiger partial charge in [0.25, 0.3) is 0 Å². The van der Waals surface area contributed by atoms with Crippen LogP contribution in [-0.4, -0.2) is 79.3 Å². The molecular formula is C26H28F7NO7. The summed E-state index contributed by atoms with van der Waals surface area (Å²) in [5.74, 6) is -7.26. The summed E-state index contributed by atoms with van der Waals surface area (Å²) in [6, 6.07) is 12.2. The highest BCUT2D eigenvalue weighted by molar-refractivity contribution is 5.72. The van der Waals surface area contributed by atoms with E-state index in [0.29, 0.717) is 5.56 Å². The van der Waals surface area contributed by atoms with Crippen molar-refractivity contribution in [1.82, 2.24) is 4.90 Å². The molecule has 0 spiro atoms. The van der Waals surface area contributed by atoms with Gasteiger partial charge in [0.1, 0.15) is 18.1 Å². The first kappa shape index (κ1) is 33.6. The van der Waals surface area contributed by atoms with Gasteiger partial charge < -0.3 is 29.0 Å². The van der Waals surface area contributed by atoms with E-state index in [-0.39, 0.29) is 37.7 Å². The Morgan fingerprint density at radius 3 is 1.98 bits per heavy atom. The molecule has 0 aliphatic rings. The van der Waals surface area contributed by atoms with Crippen LogP contribution in [0.1, 0.15) is 18.1 Å². The van der Waals surface area contributed by atoms with Crippen molar-refractivity contribution in [2.45, 2.75) is 44.6 Å². The molecule has 2 aromatic rings. The van der Waals surface area contributed by atoms with Gasteiger partial charge in [0.15, 0.2) is 6.10 Å². The van der Waals surface area contributed by atoms with E-state index in [1.165, 1.54) is 24.3 Å². The summed E-state index contributed by atoms with van der Waals surface area (Å²) in [4.78, 5) is 24.6. The van der Waals surface area contributed by atoms with Crippen molar-refractivity contribution in [2.24, 2.45) is 0 Å². The topological polar surface area (TPSA) is 94.5 Å². The highest BCUT2D eigenvalue weighted by Crippen LogP contribution is 2.46. The monoisotopic (exact) mass is 599 g/mol. The number of hydrogen-bond donors (Lipinski definition) is 1. The van der Waals surface area contributed by atoms with Crippen LogP contribution >= 0.6 is 0 Å². The lowest BCUT2D eigenvalue weighted by Gasteiger charge is -2.28. The van der Waals surface area contributed by atoms with E-state index in [2.05, 4.69) is 4.74 Å². The molecule has 2 aromatic carbocycles. The Hall–Kier alpha value is -3.59. The van der Waals surface area contributed by atoms with Gasteiger partial charge in [0.2, 0.25) is 0 Å². The third kappa shape index (κ3) is 9.78. The third-order valence-electron chi connectivity index (χ3n) is 5.47. The molecule has 8 nitrogen and oxygen atoms in total. The van der Waals surface area contributed by atoms with Gasteiger partial charge in [-0.3, -0.25) is 0 Å². The van der Waals surface area contributed by atoms with Crippen LogP contribution in [0.3, 0.4) is 0 Å². The average molecular weight is 599 g/mol. The fourth-order valence-electron chi connectivity index (χ4n) is 3.23. The van der Waals surface area contributed by atoms with Crippen LogP contribution in [0.5, 0.6) is 11.5 Å². The van der Waals surface area contributed by atoms with Crippen molar-refractivity contribution in [1.29, 1.82) is 0 Å². The Morgan fingerprint density at radius 2 is 1.44 bits per heavy atom. The quantitative estimate of drug-likeness (QED) is 0.262. The van der Waals surface area contributed by atoms with Gasteiger partial charge in [-0.05, 0) is 43.7 Å². The van der Waals surface area contributed by atoms with Gasteiger partial charge in [-0.25, -0.2) is 9.59 Å². The first-order valence-corrected chi connectivity index (χ1v) is 12.1. The first-order valence-electron chi connectivity index (χ1n) is 12.1. The van der Waals surface area contributed by atoms with E-state index in [9.17, 15) is 45.4 Å². The molecule has 1 unspecified atom stereocenters.